The van der Waals surface area contributed by atoms with E-state index in [-0.39, 0.29) is 0 Å². The molecule has 0 amide bonds. The van der Waals surface area contributed by atoms with Crippen LogP contribution >= 0.6 is 11.3 Å². The topological polar surface area (TPSA) is 34.6 Å². The number of pyridine rings is 1. The number of aromatic nitrogens is 1. The van der Waals surface area contributed by atoms with Gasteiger partial charge in [-0.1, -0.05) is 6.07 Å². The smallest absolute Gasteiger partial charge is 0.231 e. The molecule has 4 rings (SSSR count). The molecule has 0 radical (unpaired) electrons. The highest BCUT2D eigenvalue weighted by Crippen LogP contribution is 2.41. The molecule has 1 aliphatic heterocycles. The Bertz CT molecular complexity index is 817. The first-order chi connectivity index (χ1) is 11.3. The van der Waals surface area contributed by atoms with Gasteiger partial charge >= 0.3 is 0 Å². The molecule has 3 aromatic rings. The average Bonchev–Trinajstić information content (AvgIpc) is 3.24. The summed E-state index contributed by atoms with van der Waals surface area (Å²) in [5, 5.41) is 2.12. The second-order valence-electron chi connectivity index (χ2n) is 5.38. The van der Waals surface area contributed by atoms with Gasteiger partial charge in [0, 0.05) is 13.2 Å². The van der Waals surface area contributed by atoms with Gasteiger partial charge in [0.1, 0.15) is 0 Å². The SMILES string of the molecule is CN(Cc1ccccn1)c1ccsc1-c1ccc2c(c1)OCO2. The van der Waals surface area contributed by atoms with Crippen molar-refractivity contribution >= 4 is 17.0 Å². The van der Waals surface area contributed by atoms with Crippen LogP contribution in [0.15, 0.2) is 54.0 Å². The molecule has 1 aliphatic rings. The number of hydrogen-bond acceptors (Lipinski definition) is 5. The van der Waals surface area contributed by atoms with Gasteiger partial charge in [0.25, 0.3) is 0 Å². The maximum Gasteiger partial charge on any atom is 0.231 e. The summed E-state index contributed by atoms with van der Waals surface area (Å²) in [6.45, 7) is 1.07. The molecule has 23 heavy (non-hydrogen) atoms. The van der Waals surface area contributed by atoms with Crippen molar-refractivity contribution in [1.82, 2.24) is 4.98 Å². The van der Waals surface area contributed by atoms with Crippen LogP contribution in [0.2, 0.25) is 0 Å². The van der Waals surface area contributed by atoms with Gasteiger partial charge in [-0.3, -0.25) is 4.98 Å². The monoisotopic (exact) mass is 324 g/mol. The molecule has 0 saturated heterocycles. The Hall–Kier alpha value is -2.53. The number of rotatable bonds is 4. The number of benzene rings is 1. The van der Waals surface area contributed by atoms with Crippen LogP contribution in [0.25, 0.3) is 10.4 Å². The molecule has 0 N–H and O–H groups in total. The third-order valence-corrected chi connectivity index (χ3v) is 4.77. The Morgan fingerprint density at radius 1 is 1.13 bits per heavy atom. The predicted molar refractivity (Wildman–Crippen MR) is 92.2 cm³/mol. The lowest BCUT2D eigenvalue weighted by molar-refractivity contribution is 0.174. The molecule has 2 aromatic heterocycles. The molecule has 4 nitrogen and oxygen atoms in total. The van der Waals surface area contributed by atoms with Gasteiger partial charge in [-0.25, -0.2) is 0 Å². The lowest BCUT2D eigenvalue weighted by atomic mass is 10.1. The number of anilines is 1. The van der Waals surface area contributed by atoms with E-state index >= 15 is 0 Å². The summed E-state index contributed by atoms with van der Waals surface area (Å²) in [6.07, 6.45) is 1.83. The van der Waals surface area contributed by atoms with Crippen molar-refractivity contribution in [3.8, 4) is 21.9 Å². The molecule has 0 atom stereocenters. The predicted octanol–water partition coefficient (Wildman–Crippen LogP) is 4.18. The molecule has 0 fully saturated rings. The van der Waals surface area contributed by atoms with E-state index in [1.54, 1.807) is 11.3 Å². The molecule has 0 unspecified atom stereocenters. The fraction of sp³-hybridized carbons (Fsp3) is 0.167. The van der Waals surface area contributed by atoms with Crippen LogP contribution < -0.4 is 14.4 Å². The fourth-order valence-corrected chi connectivity index (χ4v) is 3.62. The minimum absolute atomic E-state index is 0.301. The van der Waals surface area contributed by atoms with E-state index in [9.17, 15) is 0 Å². The van der Waals surface area contributed by atoms with Crippen molar-refractivity contribution in [2.45, 2.75) is 6.54 Å². The van der Waals surface area contributed by atoms with Crippen LogP contribution in [-0.2, 0) is 6.54 Å². The minimum Gasteiger partial charge on any atom is -0.454 e. The molecule has 0 spiro atoms. The van der Waals surface area contributed by atoms with Gasteiger partial charge in [0.2, 0.25) is 6.79 Å². The molecule has 0 saturated carbocycles. The van der Waals surface area contributed by atoms with Gasteiger partial charge in [0.05, 0.1) is 22.8 Å². The lowest BCUT2D eigenvalue weighted by Gasteiger charge is -2.19. The zero-order chi connectivity index (χ0) is 15.6. The van der Waals surface area contributed by atoms with Crippen LogP contribution in [0, 0.1) is 0 Å². The van der Waals surface area contributed by atoms with Gasteiger partial charge < -0.3 is 14.4 Å². The Morgan fingerprint density at radius 3 is 2.91 bits per heavy atom. The van der Waals surface area contributed by atoms with Crippen LogP contribution in [-0.4, -0.2) is 18.8 Å². The van der Waals surface area contributed by atoms with Crippen molar-refractivity contribution < 1.29 is 9.47 Å². The largest absolute Gasteiger partial charge is 0.454 e. The van der Waals surface area contributed by atoms with Crippen LogP contribution in [0.3, 0.4) is 0 Å². The van der Waals surface area contributed by atoms with E-state index in [0.717, 1.165) is 29.3 Å². The Kier molecular flexibility index (Phi) is 3.63. The van der Waals surface area contributed by atoms with Crippen molar-refractivity contribution in [3.05, 3.63) is 59.7 Å². The van der Waals surface area contributed by atoms with Crippen molar-refractivity contribution in [3.63, 3.8) is 0 Å². The van der Waals surface area contributed by atoms with Gasteiger partial charge in [-0.05, 0) is 47.3 Å². The summed E-state index contributed by atoms with van der Waals surface area (Å²) in [5.74, 6) is 1.63. The van der Waals surface area contributed by atoms with E-state index in [1.165, 1.54) is 10.6 Å². The second kappa shape index (κ2) is 5.93. The third kappa shape index (κ3) is 2.75. The molecule has 5 heteroatoms. The maximum atomic E-state index is 5.49. The second-order valence-corrected chi connectivity index (χ2v) is 6.30. The molecule has 0 aliphatic carbocycles. The standard InChI is InChI=1S/C18H16N2O2S/c1-20(11-14-4-2-3-8-19-14)15-7-9-23-18(15)13-5-6-16-17(10-13)22-12-21-16/h2-10H,11-12H2,1H3. The highest BCUT2D eigenvalue weighted by Gasteiger charge is 2.17. The molecular weight excluding hydrogens is 308 g/mol. The summed E-state index contributed by atoms with van der Waals surface area (Å²) in [5.41, 5.74) is 3.39. The summed E-state index contributed by atoms with van der Waals surface area (Å²) >= 11 is 1.73. The molecule has 3 heterocycles. The number of fused-ring (bicyclic) bond motifs is 1. The lowest BCUT2D eigenvalue weighted by Crippen LogP contribution is -2.17. The first kappa shape index (κ1) is 14.1. The van der Waals surface area contributed by atoms with E-state index in [2.05, 4.69) is 34.4 Å². The number of thiophene rings is 1. The molecular formula is C18H16N2O2S. The van der Waals surface area contributed by atoms with E-state index in [0.29, 0.717) is 6.79 Å². The summed E-state index contributed by atoms with van der Waals surface area (Å²) in [4.78, 5) is 7.85. The zero-order valence-corrected chi connectivity index (χ0v) is 13.5. The van der Waals surface area contributed by atoms with E-state index in [4.69, 9.17) is 9.47 Å². The zero-order valence-electron chi connectivity index (χ0n) is 12.7. The summed E-state index contributed by atoms with van der Waals surface area (Å²) in [7, 11) is 2.09. The fourth-order valence-electron chi connectivity index (χ4n) is 2.68. The Balaban J connectivity index is 1.63. The maximum absolute atomic E-state index is 5.49. The quantitative estimate of drug-likeness (QED) is 0.721. The van der Waals surface area contributed by atoms with Gasteiger partial charge in [0.15, 0.2) is 11.5 Å². The average molecular weight is 324 g/mol. The normalized spacial score (nSPS) is 12.4. The highest BCUT2D eigenvalue weighted by molar-refractivity contribution is 7.14. The first-order valence-electron chi connectivity index (χ1n) is 7.40. The van der Waals surface area contributed by atoms with Gasteiger partial charge in [-0.2, -0.15) is 0 Å². The first-order valence-corrected chi connectivity index (χ1v) is 8.28. The van der Waals surface area contributed by atoms with Crippen LogP contribution in [0.1, 0.15) is 5.69 Å². The summed E-state index contributed by atoms with van der Waals surface area (Å²) < 4.78 is 10.9. The Labute approximate surface area is 138 Å². The molecule has 0 bridgehead atoms. The van der Waals surface area contributed by atoms with Crippen molar-refractivity contribution in [1.29, 1.82) is 0 Å². The van der Waals surface area contributed by atoms with Crippen LogP contribution in [0.5, 0.6) is 11.5 Å². The minimum atomic E-state index is 0.301. The van der Waals surface area contributed by atoms with Crippen molar-refractivity contribution in [2.75, 3.05) is 18.7 Å². The molecule has 116 valence electrons. The van der Waals surface area contributed by atoms with E-state index < -0.39 is 0 Å². The number of ether oxygens (including phenoxy) is 2. The Morgan fingerprint density at radius 2 is 2.04 bits per heavy atom. The van der Waals surface area contributed by atoms with Gasteiger partial charge in [-0.15, -0.1) is 11.3 Å². The van der Waals surface area contributed by atoms with Crippen molar-refractivity contribution in [2.24, 2.45) is 0 Å². The molecule has 1 aromatic carbocycles. The number of nitrogens with zero attached hydrogens (tertiary/aromatic N) is 2. The van der Waals surface area contributed by atoms with Crippen LogP contribution in [0.4, 0.5) is 5.69 Å². The highest BCUT2D eigenvalue weighted by atomic mass is 32.1. The summed E-state index contributed by atoms with van der Waals surface area (Å²) in [6, 6.07) is 14.2. The number of hydrogen-bond donors (Lipinski definition) is 0. The third-order valence-electron chi connectivity index (χ3n) is 3.82. The van der Waals surface area contributed by atoms with E-state index in [1.807, 2.05) is 36.5 Å².